The van der Waals surface area contributed by atoms with Crippen LogP contribution in [0.4, 0.5) is 5.69 Å². The maximum Gasteiger partial charge on any atom is 0.322 e. The topological polar surface area (TPSA) is 124 Å². The van der Waals surface area contributed by atoms with E-state index in [-0.39, 0.29) is 15.5 Å². The first-order chi connectivity index (χ1) is 22.3. The number of hydrogen-bond donors (Lipinski definition) is 2. The van der Waals surface area contributed by atoms with E-state index in [1.807, 2.05) is 6.07 Å². The Balaban J connectivity index is 1.06. The van der Waals surface area contributed by atoms with Gasteiger partial charge in [0, 0.05) is 30.7 Å². The van der Waals surface area contributed by atoms with E-state index in [4.69, 9.17) is 23.2 Å². The predicted molar refractivity (Wildman–Crippen MR) is 191 cm³/mol. The molecule has 1 atom stereocenters. The van der Waals surface area contributed by atoms with E-state index in [1.165, 1.54) is 12.1 Å². The van der Waals surface area contributed by atoms with Gasteiger partial charge in [0.05, 0.1) is 15.6 Å². The molecule has 2 saturated heterocycles. The fourth-order valence-corrected chi connectivity index (χ4v) is 11.9. The van der Waals surface area contributed by atoms with Gasteiger partial charge in [-0.3, -0.25) is 4.79 Å². The fourth-order valence-electron chi connectivity index (χ4n) is 6.37. The molecule has 2 fully saturated rings. The smallest absolute Gasteiger partial charge is 0.322 e. The first-order valence-electron chi connectivity index (χ1n) is 15.6. The number of anilines is 1. The van der Waals surface area contributed by atoms with E-state index >= 15 is 0 Å². The van der Waals surface area contributed by atoms with E-state index in [0.29, 0.717) is 44.3 Å². The second-order valence-electron chi connectivity index (χ2n) is 12.2. The summed E-state index contributed by atoms with van der Waals surface area (Å²) in [6.07, 6.45) is 7.08. The summed E-state index contributed by atoms with van der Waals surface area (Å²) >= 11 is 17.0. The first kappa shape index (κ1) is 36.6. The van der Waals surface area contributed by atoms with E-state index in [9.17, 15) is 26.7 Å². The number of carboxylic acid groups (broad SMARTS) is 1. The van der Waals surface area contributed by atoms with E-state index in [0.717, 1.165) is 75.1 Å². The zero-order valence-corrected chi connectivity index (χ0v) is 31.2. The summed E-state index contributed by atoms with van der Waals surface area (Å²) in [6, 6.07) is 13.7. The lowest BCUT2D eigenvalue weighted by Gasteiger charge is -2.35. The van der Waals surface area contributed by atoms with Gasteiger partial charge in [-0.15, -0.1) is 11.3 Å². The molecule has 0 aliphatic carbocycles. The van der Waals surface area contributed by atoms with Crippen molar-refractivity contribution in [3.05, 3.63) is 74.0 Å². The molecule has 0 bridgehead atoms. The van der Waals surface area contributed by atoms with Crippen molar-refractivity contribution in [3.63, 3.8) is 0 Å². The maximum absolute atomic E-state index is 13.1. The Labute approximate surface area is 299 Å². The molecule has 5 rings (SSSR count). The van der Waals surface area contributed by atoms with Crippen LogP contribution in [-0.2, 0) is 31.3 Å². The van der Waals surface area contributed by atoms with Crippen molar-refractivity contribution in [3.8, 4) is 0 Å². The molecule has 3 heterocycles. The Kier molecular flexibility index (Phi) is 12.4. The number of carbonyl (C=O) groups is 1. The zero-order chi connectivity index (χ0) is 33.8. The van der Waals surface area contributed by atoms with Crippen molar-refractivity contribution < 1.29 is 26.7 Å². The van der Waals surface area contributed by atoms with Crippen LogP contribution < -0.4 is 9.62 Å². The molecule has 2 aromatic carbocycles. The zero-order valence-electron chi connectivity index (χ0n) is 25.7. The highest BCUT2D eigenvalue weighted by Gasteiger charge is 2.32. The van der Waals surface area contributed by atoms with Gasteiger partial charge in [0.2, 0.25) is 10.0 Å². The second kappa shape index (κ2) is 15.9. The Morgan fingerprint density at radius 3 is 2.11 bits per heavy atom. The Bertz CT molecular complexity index is 1740. The van der Waals surface area contributed by atoms with Crippen LogP contribution in [0.1, 0.15) is 50.5 Å². The maximum atomic E-state index is 13.1. The van der Waals surface area contributed by atoms with Gasteiger partial charge in [0.15, 0.2) is 0 Å². The highest BCUT2D eigenvalue weighted by Crippen LogP contribution is 2.38. The Hall–Kier alpha value is -1.71. The van der Waals surface area contributed by atoms with Crippen LogP contribution in [-0.4, -0.2) is 64.4 Å². The highest BCUT2D eigenvalue weighted by molar-refractivity contribution is 9.10. The SMILES string of the molecule is O=C(O)C(Cc1ccccc1)NS(=O)(=O)c1ccc(N2CCC(CCCC3CCN(S(=O)(=O)c4cc(Br)c(Cl)s4)CC3)CC2)c(Cl)c1. The molecule has 9 nitrogen and oxygen atoms in total. The summed E-state index contributed by atoms with van der Waals surface area (Å²) < 4.78 is 57.4. The predicted octanol–water partition coefficient (Wildman–Crippen LogP) is 7.28. The minimum absolute atomic E-state index is 0.0181. The number of rotatable bonds is 13. The van der Waals surface area contributed by atoms with E-state index < -0.39 is 32.1 Å². The van der Waals surface area contributed by atoms with Gasteiger partial charge in [-0.2, -0.15) is 9.03 Å². The third kappa shape index (κ3) is 9.30. The van der Waals surface area contributed by atoms with E-state index in [2.05, 4.69) is 25.6 Å². The molecule has 256 valence electrons. The van der Waals surface area contributed by atoms with Crippen LogP contribution >= 0.6 is 50.5 Å². The normalized spacial score (nSPS) is 18.0. The number of piperidine rings is 2. The van der Waals surface area contributed by atoms with Gasteiger partial charge in [0.25, 0.3) is 10.0 Å². The molecule has 0 spiro atoms. The summed E-state index contributed by atoms with van der Waals surface area (Å²) in [5.74, 6) is -0.144. The third-order valence-corrected chi connectivity index (χ3v) is 15.7. The minimum Gasteiger partial charge on any atom is -0.480 e. The molecule has 1 unspecified atom stereocenters. The lowest BCUT2D eigenvalue weighted by atomic mass is 9.87. The largest absolute Gasteiger partial charge is 0.480 e. The van der Waals surface area contributed by atoms with Gasteiger partial charge in [-0.25, -0.2) is 16.8 Å². The van der Waals surface area contributed by atoms with Gasteiger partial charge in [0.1, 0.15) is 14.6 Å². The number of nitrogens with zero attached hydrogens (tertiary/aromatic N) is 2. The number of aliphatic carboxylic acids is 1. The van der Waals surface area contributed by atoms with Crippen LogP contribution in [0.2, 0.25) is 9.36 Å². The minimum atomic E-state index is -4.12. The number of halogens is 3. The number of benzene rings is 2. The molecule has 0 radical (unpaired) electrons. The summed E-state index contributed by atoms with van der Waals surface area (Å²) in [4.78, 5) is 13.9. The standard InChI is InChI=1S/C32H38BrCl2N3O6S3/c33-26-21-30(45-31(26)35)47(43,44)38-17-13-23(14-18-38)8-4-7-22-11-15-37(16-12-22)29-10-9-25(20-27(29)34)46(41,42)36-28(32(39)40)19-24-5-2-1-3-6-24/h1-3,5-6,9-10,20-23,28,36H,4,7-8,11-19H2,(H,39,40). The van der Waals surface area contributed by atoms with Gasteiger partial charge >= 0.3 is 5.97 Å². The molecule has 47 heavy (non-hydrogen) atoms. The molecular weight excluding hydrogens is 769 g/mol. The van der Waals surface area contributed by atoms with Crippen molar-refractivity contribution in [2.75, 3.05) is 31.1 Å². The van der Waals surface area contributed by atoms with Crippen LogP contribution in [0.15, 0.2) is 68.2 Å². The van der Waals surface area contributed by atoms with Crippen LogP contribution in [0.25, 0.3) is 0 Å². The van der Waals surface area contributed by atoms with Crippen molar-refractivity contribution >= 4 is 82.2 Å². The van der Waals surface area contributed by atoms with Crippen molar-refractivity contribution in [2.45, 2.75) is 66.5 Å². The van der Waals surface area contributed by atoms with Crippen LogP contribution in [0.3, 0.4) is 0 Å². The second-order valence-corrected chi connectivity index (χ2v) is 19.0. The van der Waals surface area contributed by atoms with Crippen molar-refractivity contribution in [1.82, 2.24) is 9.03 Å². The molecule has 2 aliphatic rings. The number of thiophene rings is 1. The summed E-state index contributed by atoms with van der Waals surface area (Å²) in [5.41, 5.74) is 1.48. The van der Waals surface area contributed by atoms with Gasteiger partial charge < -0.3 is 10.0 Å². The summed E-state index contributed by atoms with van der Waals surface area (Å²) in [5, 5.41) is 9.96. The molecule has 3 aromatic rings. The summed E-state index contributed by atoms with van der Waals surface area (Å²) in [7, 11) is -7.64. The average molecular weight is 808 g/mol. The summed E-state index contributed by atoms with van der Waals surface area (Å²) in [6.45, 7) is 2.69. The monoisotopic (exact) mass is 805 g/mol. The van der Waals surface area contributed by atoms with Crippen molar-refractivity contribution in [2.24, 2.45) is 11.8 Å². The lowest BCUT2D eigenvalue weighted by Crippen LogP contribution is -2.42. The average Bonchev–Trinajstić information content (AvgIpc) is 3.40. The number of nitrogens with one attached hydrogen (secondary N) is 1. The number of carboxylic acids is 1. The molecule has 15 heteroatoms. The quantitative estimate of drug-likeness (QED) is 0.186. The lowest BCUT2D eigenvalue weighted by molar-refractivity contribution is -0.138. The van der Waals surface area contributed by atoms with Crippen LogP contribution in [0, 0.1) is 11.8 Å². The number of hydrogen-bond acceptors (Lipinski definition) is 7. The van der Waals surface area contributed by atoms with Gasteiger partial charge in [-0.1, -0.05) is 72.8 Å². The highest BCUT2D eigenvalue weighted by atomic mass is 79.9. The number of sulfonamides is 2. The first-order valence-corrected chi connectivity index (χ1v) is 20.9. The molecule has 0 saturated carbocycles. The molecular formula is C32H38BrCl2N3O6S3. The Morgan fingerprint density at radius 1 is 0.936 bits per heavy atom. The Morgan fingerprint density at radius 2 is 1.55 bits per heavy atom. The molecule has 2 N–H and O–H groups in total. The fraction of sp³-hybridized carbons (Fsp3) is 0.469. The van der Waals surface area contributed by atoms with Gasteiger partial charge in [-0.05, 0) is 89.7 Å². The van der Waals surface area contributed by atoms with Crippen LogP contribution in [0.5, 0.6) is 0 Å². The van der Waals surface area contributed by atoms with E-state index in [1.54, 1.807) is 40.7 Å². The van der Waals surface area contributed by atoms with Crippen molar-refractivity contribution in [1.29, 1.82) is 0 Å². The molecule has 1 aromatic heterocycles. The third-order valence-electron chi connectivity index (χ3n) is 9.08. The molecule has 0 amide bonds. The molecule has 2 aliphatic heterocycles.